The molecule has 2 amide bonds. The predicted molar refractivity (Wildman–Crippen MR) is 143 cm³/mol. The minimum absolute atomic E-state index is 0. The topological polar surface area (TPSA) is 102 Å². The Hall–Kier alpha value is -0.708. The summed E-state index contributed by atoms with van der Waals surface area (Å²) < 4.78 is 18.7. The fourth-order valence-corrected chi connectivity index (χ4v) is 6.07. The maximum absolute atomic E-state index is 13.6. The van der Waals surface area contributed by atoms with E-state index in [0.717, 1.165) is 50.9 Å². The molecule has 0 aliphatic carbocycles. The van der Waals surface area contributed by atoms with Gasteiger partial charge in [-0.25, -0.2) is 4.39 Å². The Bertz CT molecular complexity index is 826. The van der Waals surface area contributed by atoms with Gasteiger partial charge in [-0.2, -0.15) is 25.3 Å². The van der Waals surface area contributed by atoms with E-state index in [9.17, 15) is 14.0 Å². The average Bonchev–Trinajstić information content (AvgIpc) is 3.12. The van der Waals surface area contributed by atoms with Crippen LogP contribution in [0.4, 0.5) is 4.39 Å². The number of piperidine rings is 1. The monoisotopic (exact) mass is 729 g/mol. The van der Waals surface area contributed by atoms with E-state index in [1.165, 1.54) is 12.1 Å². The van der Waals surface area contributed by atoms with Gasteiger partial charge in [0.25, 0.3) is 0 Å². The molecule has 1 radical (unpaired) electrons. The SMILES string of the molecule is COCNC(=O)[C@@H]1[C@H]2CCC(C[C@H]1c1ccc(F)cc1)N2CCCN(CCS)CC(=O)NCCS.[O-2].[Re]. The van der Waals surface area contributed by atoms with E-state index >= 15 is 0 Å². The molecule has 12 heteroatoms. The molecule has 2 fully saturated rings. The van der Waals surface area contributed by atoms with Gasteiger partial charge in [0.15, 0.2) is 0 Å². The Kier molecular flexibility index (Phi) is 16.5. The molecule has 4 atom stereocenters. The summed E-state index contributed by atoms with van der Waals surface area (Å²) in [5.74, 6) is 0.890. The number of halogens is 1. The molecule has 0 aromatic heterocycles. The zero-order chi connectivity index (χ0) is 25.2. The average molecular weight is 729 g/mol. The number of ether oxygens (including phenoxy) is 1. The van der Waals surface area contributed by atoms with E-state index in [4.69, 9.17) is 4.74 Å². The predicted octanol–water partition coefficient (Wildman–Crippen LogP) is 2.03. The second-order valence-electron chi connectivity index (χ2n) is 9.36. The first kappa shape index (κ1) is 34.3. The van der Waals surface area contributed by atoms with Crippen molar-refractivity contribution in [3.63, 3.8) is 0 Å². The normalized spacial score (nSPS) is 22.7. The number of hydrogen-bond acceptors (Lipinski definition) is 7. The van der Waals surface area contributed by atoms with Crippen molar-refractivity contribution < 1.29 is 44.6 Å². The van der Waals surface area contributed by atoms with Gasteiger partial charge in [0, 0.05) is 64.2 Å². The van der Waals surface area contributed by atoms with Crippen LogP contribution < -0.4 is 10.6 Å². The molecular weight excluding hydrogens is 690 g/mol. The third-order valence-electron chi connectivity index (χ3n) is 7.16. The van der Waals surface area contributed by atoms with Gasteiger partial charge in [0.05, 0.1) is 12.5 Å². The molecular formula is C25H39FN4O4ReS2-2. The van der Waals surface area contributed by atoms with Crippen LogP contribution in [-0.2, 0) is 40.2 Å². The van der Waals surface area contributed by atoms with E-state index in [1.807, 2.05) is 12.1 Å². The van der Waals surface area contributed by atoms with Crippen LogP contribution in [0.5, 0.6) is 0 Å². The quantitative estimate of drug-likeness (QED) is 0.174. The summed E-state index contributed by atoms with van der Waals surface area (Å²) in [7, 11) is 1.56. The first-order chi connectivity index (χ1) is 17.0. The van der Waals surface area contributed by atoms with Crippen molar-refractivity contribution in [3.8, 4) is 0 Å². The fraction of sp³-hybridized carbons (Fsp3) is 0.680. The molecule has 0 saturated carbocycles. The summed E-state index contributed by atoms with van der Waals surface area (Å²) in [5, 5.41) is 5.79. The van der Waals surface area contributed by atoms with Gasteiger partial charge in [0.1, 0.15) is 12.5 Å². The van der Waals surface area contributed by atoms with Gasteiger partial charge < -0.3 is 20.8 Å². The number of benzene rings is 1. The maximum Gasteiger partial charge on any atom is 0.234 e. The van der Waals surface area contributed by atoms with Gasteiger partial charge in [-0.05, 0) is 62.4 Å². The van der Waals surface area contributed by atoms with Gasteiger partial charge in [0.2, 0.25) is 11.8 Å². The largest absolute Gasteiger partial charge is 2.00 e. The number of amides is 2. The minimum Gasteiger partial charge on any atom is -2.00 e. The summed E-state index contributed by atoms with van der Waals surface area (Å²) in [5.41, 5.74) is 1.02. The zero-order valence-electron chi connectivity index (χ0n) is 21.3. The Labute approximate surface area is 244 Å². The number of fused-ring (bicyclic) bond motifs is 2. The van der Waals surface area contributed by atoms with Crippen molar-refractivity contribution >= 4 is 37.1 Å². The van der Waals surface area contributed by atoms with E-state index in [2.05, 4.69) is 45.7 Å². The number of methoxy groups -OCH3 is 1. The summed E-state index contributed by atoms with van der Waals surface area (Å²) in [6.07, 6.45) is 3.82. The van der Waals surface area contributed by atoms with Gasteiger partial charge in [-0.1, -0.05) is 12.1 Å². The molecule has 0 spiro atoms. The van der Waals surface area contributed by atoms with Crippen LogP contribution in [0.2, 0.25) is 0 Å². The van der Waals surface area contributed by atoms with Crippen molar-refractivity contribution in [2.45, 2.75) is 43.7 Å². The smallest absolute Gasteiger partial charge is 0.234 e. The van der Waals surface area contributed by atoms with Crippen molar-refractivity contribution in [3.05, 3.63) is 35.6 Å². The summed E-state index contributed by atoms with van der Waals surface area (Å²) in [6, 6.07) is 7.14. The molecule has 1 aromatic rings. The van der Waals surface area contributed by atoms with E-state index in [-0.39, 0.29) is 68.1 Å². The molecule has 211 valence electrons. The molecule has 1 aromatic carbocycles. The van der Waals surface area contributed by atoms with Crippen LogP contribution in [0.15, 0.2) is 24.3 Å². The Balaban J connectivity index is 0.00000342. The van der Waals surface area contributed by atoms with Crippen molar-refractivity contribution in [2.24, 2.45) is 5.92 Å². The standard InChI is InChI=1S/C25H39FN4O3S2.O.Re/c1-33-17-28-25(32)24-21(18-3-5-19(26)6-4-18)15-20-7-8-22(24)30(20)11-2-10-29(12-14-35)16-23(31)27-9-13-34;;/h3-6,20-22,24,34-35H,2,7-17H2,1H3,(H,27,31)(H,28,32);;/q;-2;/t20?,21-,22+,24-;;/m0../s1. The van der Waals surface area contributed by atoms with Crippen LogP contribution in [0.3, 0.4) is 0 Å². The number of hydrogen-bond donors (Lipinski definition) is 4. The molecule has 2 N–H and O–H groups in total. The number of nitrogens with one attached hydrogen (secondary N) is 2. The number of rotatable bonds is 14. The first-order valence-corrected chi connectivity index (χ1v) is 13.7. The molecule has 2 bridgehead atoms. The van der Waals surface area contributed by atoms with Gasteiger partial charge >= 0.3 is 0 Å². The second kappa shape index (κ2) is 17.8. The van der Waals surface area contributed by atoms with E-state index in [1.54, 1.807) is 7.11 Å². The van der Waals surface area contributed by atoms with Crippen molar-refractivity contribution in [1.82, 2.24) is 20.4 Å². The van der Waals surface area contributed by atoms with Crippen LogP contribution in [-0.4, -0.2) is 91.8 Å². The van der Waals surface area contributed by atoms with Gasteiger partial charge in [-0.15, -0.1) is 0 Å². The molecule has 2 aliphatic heterocycles. The molecule has 3 rings (SSSR count). The fourth-order valence-electron chi connectivity index (χ4n) is 5.68. The first-order valence-electron chi connectivity index (χ1n) is 12.5. The Morgan fingerprint density at radius 1 is 1.14 bits per heavy atom. The Morgan fingerprint density at radius 3 is 2.51 bits per heavy atom. The van der Waals surface area contributed by atoms with Crippen molar-refractivity contribution in [2.75, 3.05) is 58.1 Å². The van der Waals surface area contributed by atoms with E-state index in [0.29, 0.717) is 30.6 Å². The molecule has 8 nitrogen and oxygen atoms in total. The summed E-state index contributed by atoms with van der Waals surface area (Å²) >= 11 is 8.50. The van der Waals surface area contributed by atoms with Crippen LogP contribution in [0.25, 0.3) is 0 Å². The van der Waals surface area contributed by atoms with Gasteiger partial charge in [-0.3, -0.25) is 19.4 Å². The molecule has 37 heavy (non-hydrogen) atoms. The van der Waals surface area contributed by atoms with E-state index < -0.39 is 0 Å². The molecule has 2 aliphatic rings. The minimum atomic E-state index is -0.264. The summed E-state index contributed by atoms with van der Waals surface area (Å²) in [6.45, 7) is 3.52. The van der Waals surface area contributed by atoms with Crippen LogP contribution in [0, 0.1) is 11.7 Å². The number of nitrogens with zero attached hydrogens (tertiary/aromatic N) is 2. The van der Waals surface area contributed by atoms with Crippen molar-refractivity contribution in [1.29, 1.82) is 0 Å². The van der Waals surface area contributed by atoms with Crippen LogP contribution in [0.1, 0.15) is 37.2 Å². The second-order valence-corrected chi connectivity index (χ2v) is 10.3. The third kappa shape index (κ3) is 9.76. The molecule has 2 saturated heterocycles. The third-order valence-corrected chi connectivity index (χ3v) is 7.59. The van der Waals surface area contributed by atoms with Crippen LogP contribution >= 0.6 is 25.3 Å². The maximum atomic E-state index is 13.6. The number of carbonyl (C=O) groups excluding carboxylic acids is 2. The summed E-state index contributed by atoms with van der Waals surface area (Å²) in [4.78, 5) is 30.1. The molecule has 2 heterocycles. The zero-order valence-corrected chi connectivity index (χ0v) is 25.8. The number of thiol groups is 2. The number of carbonyl (C=O) groups is 2. The Morgan fingerprint density at radius 2 is 1.86 bits per heavy atom. The molecule has 1 unspecified atom stereocenters.